The third kappa shape index (κ3) is 3.34. The van der Waals surface area contributed by atoms with E-state index in [-0.39, 0.29) is 5.88 Å². The minimum atomic E-state index is -0.533. The predicted molar refractivity (Wildman–Crippen MR) is 73.1 cm³/mol. The molecule has 19 heavy (non-hydrogen) atoms. The van der Waals surface area contributed by atoms with Gasteiger partial charge in [0.15, 0.2) is 0 Å². The molecule has 1 N–H and O–H groups in total. The summed E-state index contributed by atoms with van der Waals surface area (Å²) in [5.74, 6) is 0.330. The highest BCUT2D eigenvalue weighted by molar-refractivity contribution is 5.51. The van der Waals surface area contributed by atoms with Gasteiger partial charge in [-0.2, -0.15) is 0 Å². The van der Waals surface area contributed by atoms with Crippen LogP contribution in [0.2, 0.25) is 0 Å². The van der Waals surface area contributed by atoms with Crippen molar-refractivity contribution in [3.63, 3.8) is 0 Å². The number of nitro groups is 1. The van der Waals surface area contributed by atoms with Gasteiger partial charge >= 0.3 is 5.88 Å². The van der Waals surface area contributed by atoms with Gasteiger partial charge in [-0.05, 0) is 24.1 Å². The van der Waals surface area contributed by atoms with Crippen LogP contribution in [-0.4, -0.2) is 4.92 Å². The predicted octanol–water partition coefficient (Wildman–Crippen LogP) is 3.75. The number of rotatable bonds is 6. The molecule has 100 valence electrons. The number of nitrogens with one attached hydrogen (secondary N) is 1. The fourth-order valence-electron chi connectivity index (χ4n) is 1.92. The van der Waals surface area contributed by atoms with Crippen LogP contribution in [0.3, 0.4) is 0 Å². The van der Waals surface area contributed by atoms with Crippen molar-refractivity contribution in [2.75, 3.05) is 5.32 Å². The van der Waals surface area contributed by atoms with E-state index in [2.05, 4.69) is 18.3 Å². The lowest BCUT2D eigenvalue weighted by molar-refractivity contribution is -0.402. The van der Waals surface area contributed by atoms with Gasteiger partial charge in [0, 0.05) is 5.69 Å². The maximum Gasteiger partial charge on any atom is 0.433 e. The van der Waals surface area contributed by atoms with E-state index in [1.165, 1.54) is 11.6 Å². The summed E-state index contributed by atoms with van der Waals surface area (Å²) in [6, 6.07) is 11.0. The van der Waals surface area contributed by atoms with Gasteiger partial charge in [0.2, 0.25) is 0 Å². The number of para-hydroxylation sites is 1. The van der Waals surface area contributed by atoms with E-state index < -0.39 is 4.92 Å². The molecule has 0 aliphatic heterocycles. The van der Waals surface area contributed by atoms with E-state index >= 15 is 0 Å². The highest BCUT2D eigenvalue weighted by Crippen LogP contribution is 2.20. The van der Waals surface area contributed by atoms with Crippen LogP contribution in [0.5, 0.6) is 0 Å². The van der Waals surface area contributed by atoms with Crippen LogP contribution >= 0.6 is 0 Å². The second kappa shape index (κ2) is 6.04. The van der Waals surface area contributed by atoms with E-state index in [0.29, 0.717) is 12.3 Å². The van der Waals surface area contributed by atoms with Gasteiger partial charge in [0.05, 0.1) is 12.6 Å². The average molecular weight is 260 g/mol. The zero-order chi connectivity index (χ0) is 13.7. The van der Waals surface area contributed by atoms with Crippen molar-refractivity contribution in [2.45, 2.75) is 26.3 Å². The van der Waals surface area contributed by atoms with Gasteiger partial charge in [-0.15, -0.1) is 0 Å². The summed E-state index contributed by atoms with van der Waals surface area (Å²) >= 11 is 0. The molecule has 2 aromatic rings. The molecule has 0 fully saturated rings. The fourth-order valence-corrected chi connectivity index (χ4v) is 1.92. The van der Waals surface area contributed by atoms with Crippen LogP contribution < -0.4 is 5.32 Å². The Morgan fingerprint density at radius 3 is 2.74 bits per heavy atom. The van der Waals surface area contributed by atoms with Gasteiger partial charge in [0.1, 0.15) is 10.7 Å². The molecule has 0 bridgehead atoms. The molecule has 0 saturated heterocycles. The fraction of sp³-hybridized carbons (Fsp3) is 0.286. The summed E-state index contributed by atoms with van der Waals surface area (Å²) in [5.41, 5.74) is 2.29. The van der Waals surface area contributed by atoms with Crippen molar-refractivity contribution < 1.29 is 9.34 Å². The first-order chi connectivity index (χ1) is 9.20. The zero-order valence-corrected chi connectivity index (χ0v) is 10.8. The first-order valence-electron chi connectivity index (χ1n) is 6.25. The summed E-state index contributed by atoms with van der Waals surface area (Å²) in [4.78, 5) is 9.99. The summed E-state index contributed by atoms with van der Waals surface area (Å²) < 4.78 is 5.11. The van der Waals surface area contributed by atoms with Gasteiger partial charge < -0.3 is 9.73 Å². The van der Waals surface area contributed by atoms with Gasteiger partial charge in [-0.1, -0.05) is 31.5 Å². The van der Waals surface area contributed by atoms with Crippen LogP contribution in [-0.2, 0) is 13.0 Å². The van der Waals surface area contributed by atoms with Crippen molar-refractivity contribution in [2.24, 2.45) is 0 Å². The molecule has 2 rings (SSSR count). The third-order valence-electron chi connectivity index (χ3n) is 2.82. The van der Waals surface area contributed by atoms with E-state index in [1.54, 1.807) is 6.07 Å². The summed E-state index contributed by atoms with van der Waals surface area (Å²) in [6.45, 7) is 2.57. The van der Waals surface area contributed by atoms with Gasteiger partial charge in [-0.25, -0.2) is 0 Å². The van der Waals surface area contributed by atoms with Crippen molar-refractivity contribution in [3.05, 3.63) is 57.8 Å². The lowest BCUT2D eigenvalue weighted by atomic mass is 10.1. The molecule has 5 nitrogen and oxygen atoms in total. The first-order valence-corrected chi connectivity index (χ1v) is 6.25. The lowest BCUT2D eigenvalue weighted by Gasteiger charge is -2.09. The molecule has 0 amide bonds. The van der Waals surface area contributed by atoms with E-state index in [4.69, 9.17) is 4.42 Å². The maximum absolute atomic E-state index is 10.5. The molecular formula is C14H16N2O3. The number of hydrogen-bond acceptors (Lipinski definition) is 4. The molecule has 0 saturated carbocycles. The van der Waals surface area contributed by atoms with Crippen molar-refractivity contribution in [3.8, 4) is 0 Å². The molecular weight excluding hydrogens is 244 g/mol. The van der Waals surface area contributed by atoms with Crippen LogP contribution in [0.4, 0.5) is 11.6 Å². The molecule has 0 aliphatic rings. The summed E-state index contributed by atoms with van der Waals surface area (Å²) in [7, 11) is 0. The highest BCUT2D eigenvalue weighted by Gasteiger charge is 2.11. The molecule has 0 unspecified atom stereocenters. The number of anilines is 1. The number of aryl methyl sites for hydroxylation is 1. The Hall–Kier alpha value is -2.30. The lowest BCUT2D eigenvalue weighted by Crippen LogP contribution is -2.01. The van der Waals surface area contributed by atoms with Crippen LogP contribution in [0.25, 0.3) is 0 Å². The van der Waals surface area contributed by atoms with Crippen LogP contribution in [0, 0.1) is 10.1 Å². The molecule has 0 radical (unpaired) electrons. The number of furan rings is 1. The maximum atomic E-state index is 10.5. The Morgan fingerprint density at radius 1 is 1.26 bits per heavy atom. The Bertz CT molecular complexity index is 563. The normalized spacial score (nSPS) is 10.4. The van der Waals surface area contributed by atoms with Gasteiger partial charge in [0.25, 0.3) is 0 Å². The topological polar surface area (TPSA) is 68.3 Å². The van der Waals surface area contributed by atoms with Crippen LogP contribution in [0.15, 0.2) is 40.8 Å². The zero-order valence-electron chi connectivity index (χ0n) is 10.8. The van der Waals surface area contributed by atoms with Gasteiger partial charge in [-0.3, -0.25) is 10.1 Å². The smallest absolute Gasteiger partial charge is 0.404 e. The van der Waals surface area contributed by atoms with Crippen molar-refractivity contribution in [1.82, 2.24) is 0 Å². The molecule has 1 heterocycles. The summed E-state index contributed by atoms with van der Waals surface area (Å²) in [6.07, 6.45) is 2.08. The number of nitrogens with zero attached hydrogens (tertiary/aromatic N) is 1. The standard InChI is InChI=1S/C14H16N2O3/c1-2-5-11-6-3-4-7-13(11)15-10-12-8-9-14(19-12)16(17)18/h3-4,6-9,15H,2,5,10H2,1H3. The molecule has 1 aromatic carbocycles. The van der Waals surface area contributed by atoms with Crippen LogP contribution in [0.1, 0.15) is 24.7 Å². The molecule has 0 aliphatic carbocycles. The summed E-state index contributed by atoms with van der Waals surface area (Å²) in [5, 5.41) is 13.8. The van der Waals surface area contributed by atoms with E-state index in [9.17, 15) is 10.1 Å². The number of benzene rings is 1. The minimum absolute atomic E-state index is 0.223. The average Bonchev–Trinajstić information content (AvgIpc) is 2.87. The van der Waals surface area contributed by atoms with Crippen molar-refractivity contribution >= 4 is 11.6 Å². The minimum Gasteiger partial charge on any atom is -0.404 e. The van der Waals surface area contributed by atoms with E-state index in [1.807, 2.05) is 18.2 Å². The highest BCUT2D eigenvalue weighted by atomic mass is 16.6. The molecule has 1 aromatic heterocycles. The Labute approximate surface area is 111 Å². The van der Waals surface area contributed by atoms with E-state index in [0.717, 1.165) is 18.5 Å². The monoisotopic (exact) mass is 260 g/mol. The largest absolute Gasteiger partial charge is 0.433 e. The second-order valence-corrected chi connectivity index (χ2v) is 4.26. The molecule has 0 spiro atoms. The third-order valence-corrected chi connectivity index (χ3v) is 2.82. The first kappa shape index (κ1) is 13.1. The molecule has 5 heteroatoms. The Morgan fingerprint density at radius 2 is 2.05 bits per heavy atom. The SMILES string of the molecule is CCCc1ccccc1NCc1ccc([N+](=O)[O-])o1. The number of hydrogen-bond donors (Lipinski definition) is 1. The Balaban J connectivity index is 2.03. The van der Waals surface area contributed by atoms with Crippen molar-refractivity contribution in [1.29, 1.82) is 0 Å². The second-order valence-electron chi connectivity index (χ2n) is 4.26. The molecule has 0 atom stereocenters. The quantitative estimate of drug-likeness (QED) is 0.634. The Kier molecular flexibility index (Phi) is 4.18.